The van der Waals surface area contributed by atoms with E-state index < -0.39 is 0 Å². The Morgan fingerprint density at radius 3 is 2.81 bits per heavy atom. The number of nitrogens with one attached hydrogen (secondary N) is 1. The third kappa shape index (κ3) is 4.44. The lowest BCUT2D eigenvalue weighted by molar-refractivity contribution is 0.193. The van der Waals surface area contributed by atoms with Crippen LogP contribution in [0.25, 0.3) is 11.4 Å². The molecular weight excluding hydrogens is 334 g/mol. The fraction of sp³-hybridized carbons (Fsp3) is 0.353. The number of hydrogen-bond acceptors (Lipinski definition) is 6. The van der Waals surface area contributed by atoms with Crippen LogP contribution in [0.4, 0.5) is 4.79 Å². The molecule has 0 spiro atoms. The molecular formula is C17H21N7O2. The first-order valence-corrected chi connectivity index (χ1v) is 8.36. The molecule has 9 nitrogen and oxygen atoms in total. The fourth-order valence-corrected chi connectivity index (χ4v) is 2.42. The second-order valence-corrected chi connectivity index (χ2v) is 5.92. The van der Waals surface area contributed by atoms with E-state index in [1.807, 2.05) is 17.7 Å². The average Bonchev–Trinajstić information content (AvgIpc) is 3.33. The molecule has 3 heterocycles. The van der Waals surface area contributed by atoms with Gasteiger partial charge in [-0.15, -0.1) is 0 Å². The maximum absolute atomic E-state index is 12.4. The number of carbonyl (C=O) groups excluding carboxylic acids is 1. The van der Waals surface area contributed by atoms with Gasteiger partial charge in [-0.25, -0.2) is 9.78 Å². The highest BCUT2D eigenvalue weighted by molar-refractivity contribution is 5.74. The Bertz CT molecular complexity index is 817. The van der Waals surface area contributed by atoms with Gasteiger partial charge >= 0.3 is 6.03 Å². The summed E-state index contributed by atoms with van der Waals surface area (Å²) in [5, 5.41) is 6.95. The van der Waals surface area contributed by atoms with E-state index in [-0.39, 0.29) is 18.6 Å². The van der Waals surface area contributed by atoms with Crippen molar-refractivity contribution in [2.75, 3.05) is 7.05 Å². The molecule has 26 heavy (non-hydrogen) atoms. The van der Waals surface area contributed by atoms with Crippen molar-refractivity contribution in [2.45, 2.75) is 32.5 Å². The molecule has 0 fully saturated rings. The second kappa shape index (κ2) is 8.24. The number of nitrogens with zero attached hydrogens (tertiary/aromatic N) is 6. The number of carbonyl (C=O) groups is 1. The molecule has 136 valence electrons. The van der Waals surface area contributed by atoms with Crippen LogP contribution < -0.4 is 5.32 Å². The summed E-state index contributed by atoms with van der Waals surface area (Å²) in [5.41, 5.74) is 0.813. The molecule has 0 aromatic carbocycles. The Morgan fingerprint density at radius 2 is 2.12 bits per heavy atom. The maximum Gasteiger partial charge on any atom is 0.317 e. The summed E-state index contributed by atoms with van der Waals surface area (Å²) >= 11 is 0. The van der Waals surface area contributed by atoms with Crippen LogP contribution in [0.15, 0.2) is 47.8 Å². The van der Waals surface area contributed by atoms with Crippen molar-refractivity contribution in [2.24, 2.45) is 0 Å². The van der Waals surface area contributed by atoms with Crippen molar-refractivity contribution in [1.82, 2.24) is 34.9 Å². The highest BCUT2D eigenvalue weighted by Gasteiger charge is 2.17. The standard InChI is InChI=1S/C17H21N7O2/c1-3-14(10-24-9-8-19-12-24)20-17(25)23(2)11-15-21-16(22-26-15)13-4-6-18-7-5-13/h4-9,12,14H,3,10-11H2,1-2H3,(H,20,25)/t14-/m0/s1. The smallest absolute Gasteiger partial charge is 0.317 e. The molecule has 0 aliphatic rings. The van der Waals surface area contributed by atoms with Gasteiger partial charge in [0.1, 0.15) is 6.54 Å². The first kappa shape index (κ1) is 17.6. The number of amides is 2. The molecule has 3 aromatic rings. The summed E-state index contributed by atoms with van der Waals surface area (Å²) in [6.07, 6.45) is 9.46. The van der Waals surface area contributed by atoms with Gasteiger partial charge < -0.3 is 19.3 Å². The Labute approximate surface area is 151 Å². The lowest BCUT2D eigenvalue weighted by Crippen LogP contribution is -2.44. The normalized spacial score (nSPS) is 11.9. The molecule has 0 saturated heterocycles. The molecule has 9 heteroatoms. The van der Waals surface area contributed by atoms with Crippen molar-refractivity contribution in [3.63, 3.8) is 0 Å². The van der Waals surface area contributed by atoms with Gasteiger partial charge in [0.05, 0.1) is 6.33 Å². The van der Waals surface area contributed by atoms with E-state index in [9.17, 15) is 4.79 Å². The van der Waals surface area contributed by atoms with Crippen molar-refractivity contribution < 1.29 is 9.32 Å². The van der Waals surface area contributed by atoms with Gasteiger partial charge in [0.15, 0.2) is 0 Å². The Balaban J connectivity index is 1.56. The van der Waals surface area contributed by atoms with Crippen LogP contribution in [-0.4, -0.2) is 48.7 Å². The molecule has 0 aliphatic carbocycles. The van der Waals surface area contributed by atoms with Crippen molar-refractivity contribution >= 4 is 6.03 Å². The van der Waals surface area contributed by atoms with Gasteiger partial charge in [-0.1, -0.05) is 12.1 Å². The number of pyridine rings is 1. The minimum Gasteiger partial charge on any atom is -0.337 e. The molecule has 0 saturated carbocycles. The predicted molar refractivity (Wildman–Crippen MR) is 93.8 cm³/mol. The third-order valence-electron chi connectivity index (χ3n) is 3.94. The SMILES string of the molecule is CC[C@@H](Cn1ccnc1)NC(=O)N(C)Cc1nc(-c2ccncc2)no1. The largest absolute Gasteiger partial charge is 0.337 e. The summed E-state index contributed by atoms with van der Waals surface area (Å²) in [6, 6.07) is 3.41. The number of imidazole rings is 1. The Hall–Kier alpha value is -3.23. The zero-order valence-electron chi connectivity index (χ0n) is 14.7. The topological polar surface area (TPSA) is 102 Å². The van der Waals surface area contributed by atoms with Crippen LogP contribution in [-0.2, 0) is 13.1 Å². The highest BCUT2D eigenvalue weighted by Crippen LogP contribution is 2.14. The van der Waals surface area contributed by atoms with Crippen LogP contribution in [0.5, 0.6) is 0 Å². The first-order chi connectivity index (χ1) is 12.7. The first-order valence-electron chi connectivity index (χ1n) is 8.36. The number of hydrogen-bond donors (Lipinski definition) is 1. The zero-order valence-corrected chi connectivity index (χ0v) is 14.7. The molecule has 0 unspecified atom stereocenters. The quantitative estimate of drug-likeness (QED) is 0.695. The minimum absolute atomic E-state index is 0.00853. The van der Waals surface area contributed by atoms with Crippen LogP contribution >= 0.6 is 0 Å². The van der Waals surface area contributed by atoms with Crippen molar-refractivity contribution in [1.29, 1.82) is 0 Å². The summed E-state index contributed by atoms with van der Waals surface area (Å²) in [6.45, 7) is 2.93. The Kier molecular flexibility index (Phi) is 5.57. The zero-order chi connectivity index (χ0) is 18.4. The number of urea groups is 1. The van der Waals surface area contributed by atoms with Crippen LogP contribution in [0.2, 0.25) is 0 Å². The van der Waals surface area contributed by atoms with E-state index in [4.69, 9.17) is 4.52 Å². The van der Waals surface area contributed by atoms with Gasteiger partial charge in [0.2, 0.25) is 11.7 Å². The summed E-state index contributed by atoms with van der Waals surface area (Å²) in [5.74, 6) is 0.847. The summed E-state index contributed by atoms with van der Waals surface area (Å²) in [4.78, 5) is 26.2. The highest BCUT2D eigenvalue weighted by atomic mass is 16.5. The van der Waals surface area contributed by atoms with E-state index in [0.29, 0.717) is 18.3 Å². The lowest BCUT2D eigenvalue weighted by atomic mass is 10.2. The Morgan fingerprint density at radius 1 is 1.31 bits per heavy atom. The predicted octanol–water partition coefficient (Wildman–Crippen LogP) is 1.95. The molecule has 1 atom stereocenters. The van der Waals surface area contributed by atoms with Crippen LogP contribution in [0.3, 0.4) is 0 Å². The average molecular weight is 355 g/mol. The third-order valence-corrected chi connectivity index (χ3v) is 3.94. The van der Waals surface area contributed by atoms with E-state index >= 15 is 0 Å². The molecule has 0 radical (unpaired) electrons. The van der Waals surface area contributed by atoms with Gasteiger partial charge in [-0.3, -0.25) is 4.98 Å². The number of rotatable bonds is 7. The second-order valence-electron chi connectivity index (χ2n) is 5.92. The molecule has 2 amide bonds. The molecule has 3 aromatic heterocycles. The fourth-order valence-electron chi connectivity index (χ4n) is 2.42. The molecule has 0 aliphatic heterocycles. The van der Waals surface area contributed by atoms with E-state index in [2.05, 4.69) is 25.4 Å². The number of aromatic nitrogens is 5. The summed E-state index contributed by atoms with van der Waals surface area (Å²) in [7, 11) is 1.69. The lowest BCUT2D eigenvalue weighted by Gasteiger charge is -2.22. The van der Waals surface area contributed by atoms with Crippen LogP contribution in [0, 0.1) is 0 Å². The van der Waals surface area contributed by atoms with E-state index in [1.54, 1.807) is 44.1 Å². The van der Waals surface area contributed by atoms with Crippen molar-refractivity contribution in [3.05, 3.63) is 49.1 Å². The maximum atomic E-state index is 12.4. The van der Waals surface area contributed by atoms with Gasteiger partial charge in [-0.05, 0) is 18.6 Å². The summed E-state index contributed by atoms with van der Waals surface area (Å²) < 4.78 is 7.18. The van der Waals surface area contributed by atoms with E-state index in [0.717, 1.165) is 12.0 Å². The van der Waals surface area contributed by atoms with Gasteiger partial charge in [0, 0.05) is 50.0 Å². The molecule has 3 rings (SSSR count). The van der Waals surface area contributed by atoms with Crippen LogP contribution in [0.1, 0.15) is 19.2 Å². The minimum atomic E-state index is -0.194. The van der Waals surface area contributed by atoms with Crippen molar-refractivity contribution in [3.8, 4) is 11.4 Å². The van der Waals surface area contributed by atoms with Gasteiger partial charge in [0.25, 0.3) is 0 Å². The molecule has 0 bridgehead atoms. The monoisotopic (exact) mass is 355 g/mol. The van der Waals surface area contributed by atoms with E-state index in [1.165, 1.54) is 4.90 Å². The van der Waals surface area contributed by atoms with Gasteiger partial charge in [-0.2, -0.15) is 4.98 Å². The molecule has 1 N–H and O–H groups in total.